The molecule has 1 heterocycles. The maximum absolute atomic E-state index is 5.83. The molecule has 0 aliphatic carbocycles. The van der Waals surface area contributed by atoms with Gasteiger partial charge in [0, 0.05) is 24.8 Å². The van der Waals surface area contributed by atoms with Gasteiger partial charge in [0.25, 0.3) is 0 Å². The lowest BCUT2D eigenvalue weighted by Gasteiger charge is -2.22. The predicted molar refractivity (Wildman–Crippen MR) is 66.7 cm³/mol. The van der Waals surface area contributed by atoms with Crippen LogP contribution in [0.1, 0.15) is 18.4 Å². The molecule has 0 saturated carbocycles. The van der Waals surface area contributed by atoms with Gasteiger partial charge in [-0.3, -0.25) is 0 Å². The van der Waals surface area contributed by atoms with Gasteiger partial charge in [0.15, 0.2) is 0 Å². The molecule has 1 aromatic carbocycles. The van der Waals surface area contributed by atoms with Crippen molar-refractivity contribution in [2.24, 2.45) is 5.92 Å². The van der Waals surface area contributed by atoms with Crippen LogP contribution in [0.4, 0.5) is 0 Å². The van der Waals surface area contributed by atoms with Crippen molar-refractivity contribution in [2.45, 2.75) is 19.4 Å². The highest BCUT2D eigenvalue weighted by Gasteiger charge is 2.12. The van der Waals surface area contributed by atoms with Gasteiger partial charge in [0.1, 0.15) is 0 Å². The number of ether oxygens (including phenoxy) is 1. The molecule has 1 aliphatic rings. The van der Waals surface area contributed by atoms with Crippen LogP contribution in [0.3, 0.4) is 0 Å². The highest BCUT2D eigenvalue weighted by atomic mass is 35.5. The average Bonchev–Trinajstić information content (AvgIpc) is 2.33. The number of benzene rings is 1. The Kier molecular flexibility index (Phi) is 4.64. The molecule has 0 unspecified atom stereocenters. The number of hydrogen-bond acceptors (Lipinski definition) is 2. The summed E-state index contributed by atoms with van der Waals surface area (Å²) in [6, 6.07) is 8.01. The highest BCUT2D eigenvalue weighted by molar-refractivity contribution is 6.30. The fourth-order valence-corrected chi connectivity index (χ4v) is 2.10. The molecule has 1 aromatic rings. The standard InChI is InChI=1S/C13H18ClNO/c14-13-3-1-11(2-4-13)9-15-10-12-5-7-16-8-6-12/h1-4,12,15H,5-10H2. The molecule has 0 bridgehead atoms. The summed E-state index contributed by atoms with van der Waals surface area (Å²) in [7, 11) is 0. The first-order chi connectivity index (χ1) is 7.84. The van der Waals surface area contributed by atoms with Crippen LogP contribution < -0.4 is 5.32 Å². The Balaban J connectivity index is 1.69. The quantitative estimate of drug-likeness (QED) is 0.873. The van der Waals surface area contributed by atoms with E-state index in [2.05, 4.69) is 17.4 Å². The number of nitrogens with one attached hydrogen (secondary N) is 1. The van der Waals surface area contributed by atoms with Gasteiger partial charge in [-0.05, 0) is 43.0 Å². The Bertz CT molecular complexity index is 306. The van der Waals surface area contributed by atoms with Gasteiger partial charge in [-0.1, -0.05) is 23.7 Å². The van der Waals surface area contributed by atoms with Gasteiger partial charge in [0.05, 0.1) is 0 Å². The minimum atomic E-state index is 0.779. The lowest BCUT2D eigenvalue weighted by atomic mass is 10.0. The van der Waals surface area contributed by atoms with E-state index in [1.807, 2.05) is 12.1 Å². The topological polar surface area (TPSA) is 21.3 Å². The maximum atomic E-state index is 5.83. The zero-order valence-electron chi connectivity index (χ0n) is 9.42. The van der Waals surface area contributed by atoms with Crippen molar-refractivity contribution >= 4 is 11.6 Å². The third-order valence-corrected chi connectivity index (χ3v) is 3.27. The minimum Gasteiger partial charge on any atom is -0.381 e. The fourth-order valence-electron chi connectivity index (χ4n) is 1.97. The molecule has 16 heavy (non-hydrogen) atoms. The second-order valence-corrected chi connectivity index (χ2v) is 4.75. The molecule has 2 nitrogen and oxygen atoms in total. The molecule has 1 fully saturated rings. The molecule has 3 heteroatoms. The first-order valence-electron chi connectivity index (χ1n) is 5.87. The largest absolute Gasteiger partial charge is 0.381 e. The van der Waals surface area contributed by atoms with E-state index in [1.165, 1.54) is 18.4 Å². The molecule has 1 saturated heterocycles. The molecule has 0 aromatic heterocycles. The molecule has 1 N–H and O–H groups in total. The van der Waals surface area contributed by atoms with E-state index in [-0.39, 0.29) is 0 Å². The van der Waals surface area contributed by atoms with Crippen LogP contribution in [0.5, 0.6) is 0 Å². The smallest absolute Gasteiger partial charge is 0.0469 e. The lowest BCUT2D eigenvalue weighted by Crippen LogP contribution is -2.27. The van der Waals surface area contributed by atoms with Gasteiger partial charge in [-0.25, -0.2) is 0 Å². The summed E-state index contributed by atoms with van der Waals surface area (Å²) in [6.07, 6.45) is 2.38. The molecular formula is C13H18ClNO. The van der Waals surface area contributed by atoms with E-state index < -0.39 is 0 Å². The number of halogens is 1. The van der Waals surface area contributed by atoms with Crippen molar-refractivity contribution in [3.05, 3.63) is 34.9 Å². The summed E-state index contributed by atoms with van der Waals surface area (Å²) >= 11 is 5.83. The first kappa shape index (κ1) is 11.9. The van der Waals surface area contributed by atoms with Crippen molar-refractivity contribution in [3.8, 4) is 0 Å². The second-order valence-electron chi connectivity index (χ2n) is 4.31. The summed E-state index contributed by atoms with van der Waals surface area (Å²) in [6.45, 7) is 3.86. The summed E-state index contributed by atoms with van der Waals surface area (Å²) in [5.74, 6) is 0.779. The highest BCUT2D eigenvalue weighted by Crippen LogP contribution is 2.14. The van der Waals surface area contributed by atoms with Crippen molar-refractivity contribution in [1.82, 2.24) is 5.32 Å². The Labute approximate surface area is 102 Å². The van der Waals surface area contributed by atoms with E-state index >= 15 is 0 Å². The van der Waals surface area contributed by atoms with Gasteiger partial charge in [-0.2, -0.15) is 0 Å². The molecule has 0 spiro atoms. The van der Waals surface area contributed by atoms with Crippen LogP contribution in [0, 0.1) is 5.92 Å². The van der Waals surface area contributed by atoms with Gasteiger partial charge < -0.3 is 10.1 Å². The zero-order valence-corrected chi connectivity index (χ0v) is 10.2. The van der Waals surface area contributed by atoms with Crippen LogP contribution in [0.25, 0.3) is 0 Å². The molecule has 0 amide bonds. The van der Waals surface area contributed by atoms with E-state index in [4.69, 9.17) is 16.3 Å². The van der Waals surface area contributed by atoms with Crippen LogP contribution in [-0.4, -0.2) is 19.8 Å². The maximum Gasteiger partial charge on any atom is 0.0469 e. The summed E-state index contributed by atoms with van der Waals surface area (Å²) in [5.41, 5.74) is 1.29. The molecular weight excluding hydrogens is 222 g/mol. The zero-order chi connectivity index (χ0) is 11.2. The molecule has 1 aliphatic heterocycles. The van der Waals surface area contributed by atoms with E-state index in [9.17, 15) is 0 Å². The number of rotatable bonds is 4. The average molecular weight is 240 g/mol. The molecule has 88 valence electrons. The third kappa shape index (κ3) is 3.78. The fraction of sp³-hybridized carbons (Fsp3) is 0.538. The molecule has 2 rings (SSSR count). The predicted octanol–water partition coefficient (Wildman–Crippen LogP) is 2.86. The van der Waals surface area contributed by atoms with Gasteiger partial charge in [-0.15, -0.1) is 0 Å². The van der Waals surface area contributed by atoms with Crippen LogP contribution in [0.15, 0.2) is 24.3 Å². The minimum absolute atomic E-state index is 0.779. The summed E-state index contributed by atoms with van der Waals surface area (Å²) in [4.78, 5) is 0. The van der Waals surface area contributed by atoms with Gasteiger partial charge in [0.2, 0.25) is 0 Å². The van der Waals surface area contributed by atoms with Crippen molar-refractivity contribution < 1.29 is 4.74 Å². The number of hydrogen-bond donors (Lipinski definition) is 1. The van der Waals surface area contributed by atoms with Crippen molar-refractivity contribution in [2.75, 3.05) is 19.8 Å². The molecule has 0 radical (unpaired) electrons. The van der Waals surface area contributed by atoms with E-state index in [1.54, 1.807) is 0 Å². The first-order valence-corrected chi connectivity index (χ1v) is 6.25. The monoisotopic (exact) mass is 239 g/mol. The van der Waals surface area contributed by atoms with E-state index in [0.717, 1.165) is 37.2 Å². The van der Waals surface area contributed by atoms with E-state index in [0.29, 0.717) is 0 Å². The van der Waals surface area contributed by atoms with Crippen molar-refractivity contribution in [3.63, 3.8) is 0 Å². The Morgan fingerprint density at radius 3 is 2.56 bits per heavy atom. The Morgan fingerprint density at radius 1 is 1.19 bits per heavy atom. The molecule has 0 atom stereocenters. The SMILES string of the molecule is Clc1ccc(CNCC2CCOCC2)cc1. The van der Waals surface area contributed by atoms with Gasteiger partial charge >= 0.3 is 0 Å². The second kappa shape index (κ2) is 6.24. The van der Waals surface area contributed by atoms with Crippen LogP contribution >= 0.6 is 11.6 Å². The summed E-state index contributed by atoms with van der Waals surface area (Å²) < 4.78 is 5.34. The Hall–Kier alpha value is -0.570. The van der Waals surface area contributed by atoms with Crippen LogP contribution in [-0.2, 0) is 11.3 Å². The van der Waals surface area contributed by atoms with Crippen molar-refractivity contribution in [1.29, 1.82) is 0 Å². The third-order valence-electron chi connectivity index (χ3n) is 3.02. The normalized spacial score (nSPS) is 17.6. The summed E-state index contributed by atoms with van der Waals surface area (Å²) in [5, 5.41) is 4.29. The Morgan fingerprint density at radius 2 is 1.88 bits per heavy atom. The van der Waals surface area contributed by atoms with Crippen LogP contribution in [0.2, 0.25) is 5.02 Å². The lowest BCUT2D eigenvalue weighted by molar-refractivity contribution is 0.0662.